The summed E-state index contributed by atoms with van der Waals surface area (Å²) in [7, 11) is -3.49. The van der Waals surface area contributed by atoms with Crippen LogP contribution >= 0.6 is 0 Å². The molecule has 1 N–H and O–H groups in total. The number of hydrogen-bond donors (Lipinski definition) is 1. The quantitative estimate of drug-likeness (QED) is 0.479. The number of piperazine rings is 1. The molecule has 1 aromatic heterocycles. The number of rotatable bonds is 8. The summed E-state index contributed by atoms with van der Waals surface area (Å²) < 4.78 is 31.9. The third-order valence-electron chi connectivity index (χ3n) is 5.76. The summed E-state index contributed by atoms with van der Waals surface area (Å²) in [5.41, 5.74) is 2.85. The maximum atomic E-state index is 12.6. The molecule has 0 bridgehead atoms. The molecule has 0 spiro atoms. The van der Waals surface area contributed by atoms with Crippen molar-refractivity contribution in [3.63, 3.8) is 0 Å². The van der Waals surface area contributed by atoms with E-state index in [1.165, 1.54) is 23.8 Å². The van der Waals surface area contributed by atoms with Gasteiger partial charge in [-0.1, -0.05) is 54.0 Å². The molecule has 0 aliphatic carbocycles. The molecule has 1 fully saturated rings. The van der Waals surface area contributed by atoms with E-state index in [9.17, 15) is 13.2 Å². The van der Waals surface area contributed by atoms with Gasteiger partial charge in [0.25, 0.3) is 0 Å². The van der Waals surface area contributed by atoms with Crippen molar-refractivity contribution in [2.75, 3.05) is 32.7 Å². The van der Waals surface area contributed by atoms with Crippen LogP contribution in [0.4, 0.5) is 0 Å². The number of aryl methyl sites for hydroxylation is 1. The molecule has 35 heavy (non-hydrogen) atoms. The van der Waals surface area contributed by atoms with E-state index in [1.807, 2.05) is 31.2 Å². The Balaban J connectivity index is 1.27. The minimum absolute atomic E-state index is 0.0755. The fourth-order valence-electron chi connectivity index (χ4n) is 3.76. The summed E-state index contributed by atoms with van der Waals surface area (Å²) in [5, 5.41) is 4.08. The van der Waals surface area contributed by atoms with Crippen molar-refractivity contribution in [2.45, 2.75) is 25.3 Å². The minimum atomic E-state index is -3.49. The predicted octanol–water partition coefficient (Wildman–Crippen LogP) is 2.70. The van der Waals surface area contributed by atoms with Crippen molar-refractivity contribution in [3.05, 3.63) is 71.6 Å². The van der Waals surface area contributed by atoms with E-state index in [0.717, 1.165) is 11.1 Å². The second kappa shape index (κ2) is 10.9. The highest BCUT2D eigenvalue weighted by atomic mass is 32.2. The van der Waals surface area contributed by atoms with E-state index in [1.54, 1.807) is 30.0 Å². The molecule has 4 rings (SSSR count). The number of aromatic nitrogens is 2. The summed E-state index contributed by atoms with van der Waals surface area (Å²) in [6, 6.07) is 14.4. The molecule has 10 heteroatoms. The number of carbonyl (C=O) groups excluding carboxylic acids is 1. The van der Waals surface area contributed by atoms with Crippen LogP contribution in [-0.2, 0) is 21.4 Å². The van der Waals surface area contributed by atoms with Gasteiger partial charge in [0.2, 0.25) is 27.6 Å². The Morgan fingerprint density at radius 3 is 2.40 bits per heavy atom. The molecule has 1 aliphatic heterocycles. The van der Waals surface area contributed by atoms with Crippen molar-refractivity contribution >= 4 is 22.0 Å². The summed E-state index contributed by atoms with van der Waals surface area (Å²) in [5.74, 6) is 1.06. The summed E-state index contributed by atoms with van der Waals surface area (Å²) in [4.78, 5) is 21.3. The first kappa shape index (κ1) is 24.8. The SMILES string of the molecule is CCNS(=O)(=O)c1ccc(/C=C/C(=O)N2CCN(Cc3nc(-c4ccc(C)cc4)no3)CC2)cc1. The van der Waals surface area contributed by atoms with Crippen molar-refractivity contribution in [2.24, 2.45) is 0 Å². The van der Waals surface area contributed by atoms with Gasteiger partial charge in [0.1, 0.15) is 0 Å². The Labute approximate surface area is 205 Å². The Bertz CT molecular complexity index is 1280. The number of amides is 1. The van der Waals surface area contributed by atoms with Crippen molar-refractivity contribution < 1.29 is 17.7 Å². The molecule has 0 unspecified atom stereocenters. The smallest absolute Gasteiger partial charge is 0.246 e. The first-order valence-electron chi connectivity index (χ1n) is 11.5. The number of hydrogen-bond acceptors (Lipinski definition) is 7. The highest BCUT2D eigenvalue weighted by Crippen LogP contribution is 2.18. The predicted molar refractivity (Wildman–Crippen MR) is 133 cm³/mol. The number of nitrogens with one attached hydrogen (secondary N) is 1. The van der Waals surface area contributed by atoms with Gasteiger partial charge in [0.05, 0.1) is 11.4 Å². The van der Waals surface area contributed by atoms with Crippen LogP contribution in [0.25, 0.3) is 17.5 Å². The molecule has 9 nitrogen and oxygen atoms in total. The molecule has 1 saturated heterocycles. The lowest BCUT2D eigenvalue weighted by atomic mass is 10.1. The summed E-state index contributed by atoms with van der Waals surface area (Å²) in [6.45, 7) is 7.24. The summed E-state index contributed by atoms with van der Waals surface area (Å²) >= 11 is 0. The van der Waals surface area contributed by atoms with E-state index < -0.39 is 10.0 Å². The first-order chi connectivity index (χ1) is 16.8. The number of sulfonamides is 1. The van der Waals surface area contributed by atoms with Crippen LogP contribution in [0, 0.1) is 6.92 Å². The maximum Gasteiger partial charge on any atom is 0.246 e. The molecule has 2 aromatic carbocycles. The molecule has 184 valence electrons. The zero-order valence-corrected chi connectivity index (χ0v) is 20.7. The monoisotopic (exact) mass is 495 g/mol. The van der Waals surface area contributed by atoms with Crippen LogP contribution in [0.5, 0.6) is 0 Å². The Hall–Kier alpha value is -3.34. The van der Waals surface area contributed by atoms with Gasteiger partial charge in [-0.05, 0) is 30.7 Å². The van der Waals surface area contributed by atoms with E-state index in [2.05, 4.69) is 19.8 Å². The van der Waals surface area contributed by atoms with Crippen molar-refractivity contribution in [1.82, 2.24) is 24.7 Å². The molecule has 0 radical (unpaired) electrons. The Kier molecular flexibility index (Phi) is 7.74. The third kappa shape index (κ3) is 6.41. The van der Waals surface area contributed by atoms with Crippen LogP contribution in [0.1, 0.15) is 23.9 Å². The Morgan fingerprint density at radius 2 is 1.74 bits per heavy atom. The van der Waals surface area contributed by atoms with Crippen LogP contribution < -0.4 is 4.72 Å². The second-order valence-corrected chi connectivity index (χ2v) is 10.1. The van der Waals surface area contributed by atoms with Crippen LogP contribution in [0.15, 0.2) is 64.0 Å². The van der Waals surface area contributed by atoms with E-state index in [-0.39, 0.29) is 10.8 Å². The average molecular weight is 496 g/mol. The molecular weight excluding hydrogens is 466 g/mol. The van der Waals surface area contributed by atoms with Crippen molar-refractivity contribution in [1.29, 1.82) is 0 Å². The lowest BCUT2D eigenvalue weighted by molar-refractivity contribution is -0.127. The Morgan fingerprint density at radius 1 is 1.06 bits per heavy atom. The average Bonchev–Trinajstić information content (AvgIpc) is 3.32. The first-order valence-corrected chi connectivity index (χ1v) is 13.0. The van der Waals surface area contributed by atoms with Gasteiger partial charge in [-0.15, -0.1) is 0 Å². The molecule has 1 aliphatic rings. The largest absolute Gasteiger partial charge is 0.338 e. The van der Waals surface area contributed by atoms with Gasteiger partial charge in [-0.3, -0.25) is 9.69 Å². The maximum absolute atomic E-state index is 12.6. The molecule has 0 atom stereocenters. The third-order valence-corrected chi connectivity index (χ3v) is 7.33. The van der Waals surface area contributed by atoms with E-state index >= 15 is 0 Å². The molecule has 1 amide bonds. The lowest BCUT2D eigenvalue weighted by Crippen LogP contribution is -2.47. The summed E-state index contributed by atoms with van der Waals surface area (Å²) in [6.07, 6.45) is 3.22. The number of carbonyl (C=O) groups is 1. The van der Waals surface area contributed by atoms with Gasteiger partial charge >= 0.3 is 0 Å². The lowest BCUT2D eigenvalue weighted by Gasteiger charge is -2.33. The van der Waals surface area contributed by atoms with Gasteiger partial charge in [-0.25, -0.2) is 13.1 Å². The normalized spacial score (nSPS) is 15.1. The van der Waals surface area contributed by atoms with Gasteiger partial charge in [0, 0.05) is 44.4 Å². The standard InChI is InChI=1S/C25H29N5O4S/c1-3-26-35(32,33)22-11-6-20(7-12-22)8-13-24(31)30-16-14-29(15-17-30)18-23-27-25(28-34-23)21-9-4-19(2)5-10-21/h4-13,26H,3,14-18H2,1-2H3/b13-8+. The van der Waals surface area contributed by atoms with Crippen LogP contribution in [-0.4, -0.2) is 67.0 Å². The molecular formula is C25H29N5O4S. The van der Waals surface area contributed by atoms with Crippen LogP contribution in [0.2, 0.25) is 0 Å². The van der Waals surface area contributed by atoms with Gasteiger partial charge in [-0.2, -0.15) is 4.98 Å². The molecule has 3 aromatic rings. The molecule has 2 heterocycles. The van der Waals surface area contributed by atoms with Crippen LogP contribution in [0.3, 0.4) is 0 Å². The zero-order valence-electron chi connectivity index (χ0n) is 19.8. The van der Waals surface area contributed by atoms with Gasteiger partial charge < -0.3 is 9.42 Å². The van der Waals surface area contributed by atoms with Gasteiger partial charge in [0.15, 0.2) is 0 Å². The van der Waals surface area contributed by atoms with E-state index in [0.29, 0.717) is 51.0 Å². The van der Waals surface area contributed by atoms with Crippen molar-refractivity contribution in [3.8, 4) is 11.4 Å². The highest BCUT2D eigenvalue weighted by Gasteiger charge is 2.21. The second-order valence-electron chi connectivity index (χ2n) is 8.38. The fraction of sp³-hybridized carbons (Fsp3) is 0.320. The molecule has 0 saturated carbocycles. The number of nitrogens with zero attached hydrogens (tertiary/aromatic N) is 4. The number of benzene rings is 2. The zero-order chi connectivity index (χ0) is 24.8. The highest BCUT2D eigenvalue weighted by molar-refractivity contribution is 7.89. The fourth-order valence-corrected chi connectivity index (χ4v) is 4.80. The van der Waals surface area contributed by atoms with E-state index in [4.69, 9.17) is 4.52 Å². The minimum Gasteiger partial charge on any atom is -0.338 e. The topological polar surface area (TPSA) is 109 Å².